The summed E-state index contributed by atoms with van der Waals surface area (Å²) >= 11 is 0. The minimum atomic E-state index is -4.50. The van der Waals surface area contributed by atoms with Crippen molar-refractivity contribution in [1.29, 1.82) is 0 Å². The number of hydrogen-bond acceptors (Lipinski definition) is 3. The standard InChI is InChI=1S/C27H30F3N3O/c1-3-21(18-9-5-4-6-10-18)26(34)31-19-13-15-20(16-14-19)33(2)24-17-25(27(28,29)30)32-23-12-8-7-11-22(23)24/h4-12,17,19-21H,3,13-16H2,1-2H3,(H,31,34)/t19-,20+,21?. The lowest BCUT2D eigenvalue weighted by Crippen LogP contribution is -2.44. The number of nitrogens with zero attached hydrogens (tertiary/aromatic N) is 2. The van der Waals surface area contributed by atoms with Gasteiger partial charge >= 0.3 is 6.18 Å². The summed E-state index contributed by atoms with van der Waals surface area (Å²) in [5.74, 6) is -0.133. The molecule has 4 rings (SSSR count). The third-order valence-corrected chi connectivity index (χ3v) is 6.88. The number of pyridine rings is 1. The van der Waals surface area contributed by atoms with Gasteiger partial charge in [-0.15, -0.1) is 0 Å². The van der Waals surface area contributed by atoms with Crippen LogP contribution in [0.5, 0.6) is 0 Å². The van der Waals surface area contributed by atoms with Crippen LogP contribution in [0.1, 0.15) is 56.2 Å². The number of alkyl halides is 3. The molecule has 1 saturated carbocycles. The van der Waals surface area contributed by atoms with Crippen LogP contribution in [0.4, 0.5) is 18.9 Å². The van der Waals surface area contributed by atoms with E-state index in [0.717, 1.165) is 43.7 Å². The molecule has 180 valence electrons. The molecule has 3 aromatic rings. The molecule has 0 spiro atoms. The summed E-state index contributed by atoms with van der Waals surface area (Å²) in [7, 11) is 1.86. The zero-order valence-corrected chi connectivity index (χ0v) is 19.5. The molecule has 34 heavy (non-hydrogen) atoms. The number of fused-ring (bicyclic) bond motifs is 1. The number of aromatic nitrogens is 1. The second-order valence-electron chi connectivity index (χ2n) is 9.04. The van der Waals surface area contributed by atoms with Crippen molar-refractivity contribution in [3.63, 3.8) is 0 Å². The van der Waals surface area contributed by atoms with Crippen molar-refractivity contribution < 1.29 is 18.0 Å². The van der Waals surface area contributed by atoms with Crippen molar-refractivity contribution in [1.82, 2.24) is 10.3 Å². The maximum Gasteiger partial charge on any atom is 0.433 e. The summed E-state index contributed by atoms with van der Waals surface area (Å²) in [4.78, 5) is 18.7. The molecular formula is C27H30F3N3O. The maximum absolute atomic E-state index is 13.5. The summed E-state index contributed by atoms with van der Waals surface area (Å²) in [6.45, 7) is 2.01. The summed E-state index contributed by atoms with van der Waals surface area (Å²) < 4.78 is 40.4. The molecule has 1 N–H and O–H groups in total. The van der Waals surface area contributed by atoms with Crippen LogP contribution < -0.4 is 10.2 Å². The van der Waals surface area contributed by atoms with Crippen molar-refractivity contribution >= 4 is 22.5 Å². The number of hydrogen-bond donors (Lipinski definition) is 1. The molecule has 1 aliphatic rings. The van der Waals surface area contributed by atoms with E-state index in [0.29, 0.717) is 16.6 Å². The predicted molar refractivity (Wildman–Crippen MR) is 129 cm³/mol. The molecule has 1 aromatic heterocycles. The Balaban J connectivity index is 1.44. The first kappa shape index (κ1) is 24.0. The van der Waals surface area contributed by atoms with Gasteiger partial charge in [-0.2, -0.15) is 13.2 Å². The van der Waals surface area contributed by atoms with Crippen LogP contribution in [0.3, 0.4) is 0 Å². The summed E-state index contributed by atoms with van der Waals surface area (Å²) in [6.07, 6.45) is -0.605. The van der Waals surface area contributed by atoms with Gasteiger partial charge < -0.3 is 10.2 Å². The van der Waals surface area contributed by atoms with E-state index in [2.05, 4.69) is 10.3 Å². The van der Waals surface area contributed by atoms with Gasteiger partial charge in [-0.1, -0.05) is 55.5 Å². The van der Waals surface area contributed by atoms with E-state index in [1.165, 1.54) is 0 Å². The highest BCUT2D eigenvalue weighted by molar-refractivity contribution is 5.92. The number of carbonyl (C=O) groups excluding carboxylic acids is 1. The highest BCUT2D eigenvalue weighted by Gasteiger charge is 2.35. The number of benzene rings is 2. The Kier molecular flexibility index (Phi) is 7.10. The van der Waals surface area contributed by atoms with Gasteiger partial charge in [-0.3, -0.25) is 4.79 Å². The van der Waals surface area contributed by atoms with E-state index in [4.69, 9.17) is 0 Å². The highest BCUT2D eigenvalue weighted by Crippen LogP contribution is 2.36. The van der Waals surface area contributed by atoms with Crippen molar-refractivity contribution in [2.75, 3.05) is 11.9 Å². The largest absolute Gasteiger partial charge is 0.433 e. The van der Waals surface area contributed by atoms with E-state index in [9.17, 15) is 18.0 Å². The van der Waals surface area contributed by atoms with Crippen LogP contribution in [0.2, 0.25) is 0 Å². The molecule has 4 nitrogen and oxygen atoms in total. The number of halogens is 3. The first-order valence-corrected chi connectivity index (χ1v) is 11.8. The summed E-state index contributed by atoms with van der Waals surface area (Å²) in [5.41, 5.74) is 1.02. The molecule has 7 heteroatoms. The van der Waals surface area contributed by atoms with Crippen molar-refractivity contribution in [3.8, 4) is 0 Å². The number of rotatable bonds is 6. The molecular weight excluding hydrogens is 439 g/mol. The van der Waals surface area contributed by atoms with Gasteiger partial charge in [-0.25, -0.2) is 4.98 Å². The average molecular weight is 470 g/mol. The number of amides is 1. The van der Waals surface area contributed by atoms with E-state index in [1.807, 2.05) is 61.3 Å². The highest BCUT2D eigenvalue weighted by atomic mass is 19.4. The lowest BCUT2D eigenvalue weighted by Gasteiger charge is -2.37. The topological polar surface area (TPSA) is 45.2 Å². The summed E-state index contributed by atoms with van der Waals surface area (Å²) in [5, 5.41) is 3.92. The fraction of sp³-hybridized carbons (Fsp3) is 0.407. The van der Waals surface area contributed by atoms with Crippen LogP contribution in [-0.4, -0.2) is 30.0 Å². The molecule has 0 bridgehead atoms. The monoisotopic (exact) mass is 469 g/mol. The Bertz CT molecular complexity index is 1120. The van der Waals surface area contributed by atoms with Crippen LogP contribution in [-0.2, 0) is 11.0 Å². The van der Waals surface area contributed by atoms with Crippen molar-refractivity contribution in [3.05, 3.63) is 71.9 Å². The third-order valence-electron chi connectivity index (χ3n) is 6.88. The quantitative estimate of drug-likeness (QED) is 0.460. The average Bonchev–Trinajstić information content (AvgIpc) is 2.84. The lowest BCUT2D eigenvalue weighted by molar-refractivity contribution is -0.140. The number of carbonyl (C=O) groups is 1. The second-order valence-corrected chi connectivity index (χ2v) is 9.04. The SMILES string of the molecule is CCC(C(=O)N[C@H]1CC[C@@H](N(C)c2cc(C(F)(F)F)nc3ccccc23)CC1)c1ccccc1. The van der Waals surface area contributed by atoms with E-state index in [-0.39, 0.29) is 23.9 Å². The Morgan fingerprint density at radius 3 is 2.35 bits per heavy atom. The Morgan fingerprint density at radius 2 is 1.71 bits per heavy atom. The second kappa shape index (κ2) is 10.0. The van der Waals surface area contributed by atoms with Gasteiger partial charge in [0.2, 0.25) is 5.91 Å². The van der Waals surface area contributed by atoms with Gasteiger partial charge in [0.1, 0.15) is 5.69 Å². The zero-order chi connectivity index (χ0) is 24.3. The Hall–Kier alpha value is -3.09. The van der Waals surface area contributed by atoms with E-state index in [1.54, 1.807) is 12.1 Å². The fourth-order valence-electron chi connectivity index (χ4n) is 4.96. The molecule has 1 amide bonds. The molecule has 0 saturated heterocycles. The number of nitrogens with one attached hydrogen (secondary N) is 1. The van der Waals surface area contributed by atoms with Gasteiger partial charge in [0.05, 0.1) is 11.4 Å². The molecule has 1 atom stereocenters. The van der Waals surface area contributed by atoms with Crippen molar-refractivity contribution in [2.45, 2.75) is 63.2 Å². The Labute approximate surface area is 198 Å². The molecule has 1 heterocycles. The molecule has 1 aliphatic carbocycles. The molecule has 1 fully saturated rings. The van der Waals surface area contributed by atoms with Crippen molar-refractivity contribution in [2.24, 2.45) is 0 Å². The van der Waals surface area contributed by atoms with Crippen LogP contribution in [0.15, 0.2) is 60.7 Å². The number of anilines is 1. The van der Waals surface area contributed by atoms with Gasteiger partial charge in [-0.05, 0) is 49.8 Å². The normalized spacial score (nSPS) is 19.6. The molecule has 2 aromatic carbocycles. The molecule has 0 aliphatic heterocycles. The van der Waals surface area contributed by atoms with Gasteiger partial charge in [0.15, 0.2) is 0 Å². The first-order valence-electron chi connectivity index (χ1n) is 11.8. The van der Waals surface area contributed by atoms with Gasteiger partial charge in [0, 0.05) is 30.2 Å². The third kappa shape index (κ3) is 5.18. The molecule has 0 radical (unpaired) electrons. The van der Waals surface area contributed by atoms with Crippen LogP contribution in [0.25, 0.3) is 10.9 Å². The maximum atomic E-state index is 13.5. The van der Waals surface area contributed by atoms with E-state index < -0.39 is 11.9 Å². The minimum Gasteiger partial charge on any atom is -0.371 e. The van der Waals surface area contributed by atoms with Crippen LogP contribution >= 0.6 is 0 Å². The van der Waals surface area contributed by atoms with E-state index >= 15 is 0 Å². The zero-order valence-electron chi connectivity index (χ0n) is 19.5. The molecule has 1 unspecified atom stereocenters. The minimum absolute atomic E-state index is 0.0421. The lowest BCUT2D eigenvalue weighted by atomic mass is 9.88. The number of para-hydroxylation sites is 1. The predicted octanol–water partition coefficient (Wildman–Crippen LogP) is 6.31. The van der Waals surface area contributed by atoms with Gasteiger partial charge in [0.25, 0.3) is 0 Å². The Morgan fingerprint density at radius 1 is 1.06 bits per heavy atom. The van der Waals surface area contributed by atoms with Crippen LogP contribution in [0, 0.1) is 0 Å². The smallest absolute Gasteiger partial charge is 0.371 e. The summed E-state index contributed by atoms with van der Waals surface area (Å²) in [6, 6.07) is 18.1. The fourth-order valence-corrected chi connectivity index (χ4v) is 4.96. The first-order chi connectivity index (χ1) is 16.3.